The Kier molecular flexibility index (Phi) is 4.06. The minimum absolute atomic E-state index is 0.128. The normalized spacial score (nSPS) is 9.85. The summed E-state index contributed by atoms with van der Waals surface area (Å²) in [6.45, 7) is 0. The second kappa shape index (κ2) is 5.93. The molecule has 2 aromatic rings. The number of methoxy groups -OCH3 is 1. The highest BCUT2D eigenvalue weighted by Gasteiger charge is 2.08. The van der Waals surface area contributed by atoms with Crippen LogP contribution in [0.3, 0.4) is 0 Å². The summed E-state index contributed by atoms with van der Waals surface area (Å²) >= 11 is 0. The molecule has 0 heterocycles. The molecule has 0 aromatic heterocycles. The van der Waals surface area contributed by atoms with Gasteiger partial charge in [-0.3, -0.25) is 0 Å². The molecule has 0 saturated carbocycles. The van der Waals surface area contributed by atoms with Crippen molar-refractivity contribution in [3.8, 4) is 11.8 Å². The number of hydrogen-bond donors (Lipinski definition) is 2. The third-order valence-electron chi connectivity index (χ3n) is 2.84. The first-order valence-corrected chi connectivity index (χ1v) is 6.00. The van der Waals surface area contributed by atoms with Gasteiger partial charge in [0.15, 0.2) is 11.6 Å². The molecule has 0 aliphatic heterocycles. The molecule has 2 rings (SSSR count). The van der Waals surface area contributed by atoms with Crippen molar-refractivity contribution >= 4 is 17.1 Å². The smallest absolute Gasteiger partial charge is 0.167 e. The van der Waals surface area contributed by atoms with E-state index in [1.54, 1.807) is 0 Å². The number of nitrogens with zero attached hydrogens (tertiary/aromatic N) is 1. The second-order valence-corrected chi connectivity index (χ2v) is 4.23. The van der Waals surface area contributed by atoms with E-state index in [-0.39, 0.29) is 5.75 Å². The van der Waals surface area contributed by atoms with Gasteiger partial charge in [0.1, 0.15) is 0 Å². The Hall–Kier alpha value is -2.74. The van der Waals surface area contributed by atoms with Gasteiger partial charge in [0.25, 0.3) is 0 Å². The Bertz CT molecular complexity index is 647. The number of ether oxygens (including phenoxy) is 1. The lowest BCUT2D eigenvalue weighted by atomic mass is 10.1. The van der Waals surface area contributed by atoms with Gasteiger partial charge in [0.2, 0.25) is 0 Å². The van der Waals surface area contributed by atoms with Crippen molar-refractivity contribution in [3.63, 3.8) is 0 Å². The number of hydrogen-bond acceptors (Lipinski definition) is 4. The van der Waals surface area contributed by atoms with Gasteiger partial charge < -0.3 is 15.8 Å². The summed E-state index contributed by atoms with van der Waals surface area (Å²) in [6.07, 6.45) is 0.368. The number of nitriles is 1. The number of rotatable bonds is 4. The van der Waals surface area contributed by atoms with E-state index in [1.165, 1.54) is 19.2 Å². The Morgan fingerprint density at radius 3 is 2.60 bits per heavy atom. The molecular formula is C15H14FN3O. The van der Waals surface area contributed by atoms with Crippen LogP contribution < -0.4 is 15.8 Å². The molecule has 0 aliphatic rings. The van der Waals surface area contributed by atoms with Crippen LogP contribution in [0.15, 0.2) is 36.4 Å². The average Bonchev–Trinajstić information content (AvgIpc) is 2.44. The third kappa shape index (κ3) is 2.98. The fourth-order valence-corrected chi connectivity index (χ4v) is 1.79. The average molecular weight is 271 g/mol. The Labute approximate surface area is 116 Å². The molecule has 0 bridgehead atoms. The molecule has 0 aliphatic carbocycles. The number of benzene rings is 2. The monoisotopic (exact) mass is 271 g/mol. The van der Waals surface area contributed by atoms with E-state index in [0.29, 0.717) is 17.8 Å². The highest BCUT2D eigenvalue weighted by atomic mass is 19.1. The van der Waals surface area contributed by atoms with Crippen LogP contribution in [-0.2, 0) is 6.42 Å². The van der Waals surface area contributed by atoms with Gasteiger partial charge in [0, 0.05) is 17.8 Å². The second-order valence-electron chi connectivity index (χ2n) is 4.23. The molecule has 3 N–H and O–H groups in total. The van der Waals surface area contributed by atoms with Gasteiger partial charge in [-0.1, -0.05) is 12.1 Å². The summed E-state index contributed by atoms with van der Waals surface area (Å²) in [7, 11) is 1.40. The molecule has 0 spiro atoms. The lowest BCUT2D eigenvalue weighted by Crippen LogP contribution is -1.99. The quantitative estimate of drug-likeness (QED) is 0.837. The Morgan fingerprint density at radius 2 is 2.00 bits per heavy atom. The molecule has 0 unspecified atom stereocenters. The van der Waals surface area contributed by atoms with Gasteiger partial charge in [-0.05, 0) is 17.7 Å². The molecule has 4 nitrogen and oxygen atoms in total. The van der Waals surface area contributed by atoms with Crippen molar-refractivity contribution in [2.45, 2.75) is 6.42 Å². The van der Waals surface area contributed by atoms with Crippen LogP contribution in [0.2, 0.25) is 0 Å². The minimum Gasteiger partial charge on any atom is -0.494 e. The largest absolute Gasteiger partial charge is 0.494 e. The zero-order valence-corrected chi connectivity index (χ0v) is 11.0. The van der Waals surface area contributed by atoms with Crippen LogP contribution in [0.4, 0.5) is 21.5 Å². The number of nitrogens with two attached hydrogens (primary N) is 1. The van der Waals surface area contributed by atoms with Crippen LogP contribution in [0.5, 0.6) is 5.75 Å². The molecule has 2 aromatic carbocycles. The summed E-state index contributed by atoms with van der Waals surface area (Å²) in [5.74, 6) is -0.372. The number of halogens is 1. The van der Waals surface area contributed by atoms with Gasteiger partial charge in [-0.15, -0.1) is 0 Å². The van der Waals surface area contributed by atoms with Gasteiger partial charge >= 0.3 is 0 Å². The SMILES string of the molecule is COc1cc(Nc2ccc(CC#N)cc2)c(N)cc1F. The van der Waals surface area contributed by atoms with E-state index >= 15 is 0 Å². The number of nitrogens with one attached hydrogen (secondary N) is 1. The lowest BCUT2D eigenvalue weighted by molar-refractivity contribution is 0.387. The molecule has 5 heteroatoms. The molecule has 102 valence electrons. The summed E-state index contributed by atoms with van der Waals surface area (Å²) in [4.78, 5) is 0. The first-order chi connectivity index (χ1) is 9.63. The van der Waals surface area contributed by atoms with Crippen LogP contribution in [0, 0.1) is 17.1 Å². The van der Waals surface area contributed by atoms with Crippen LogP contribution in [0.1, 0.15) is 5.56 Å². The molecule has 0 fully saturated rings. The van der Waals surface area contributed by atoms with E-state index in [1.807, 2.05) is 24.3 Å². The van der Waals surface area contributed by atoms with E-state index in [9.17, 15) is 4.39 Å². The van der Waals surface area contributed by atoms with Gasteiger partial charge in [-0.25, -0.2) is 4.39 Å². The summed E-state index contributed by atoms with van der Waals surface area (Å²) < 4.78 is 18.4. The van der Waals surface area contributed by atoms with Crippen LogP contribution in [-0.4, -0.2) is 7.11 Å². The van der Waals surface area contributed by atoms with E-state index in [0.717, 1.165) is 11.3 Å². The molecule has 0 amide bonds. The zero-order chi connectivity index (χ0) is 14.5. The molecular weight excluding hydrogens is 257 g/mol. The molecule has 0 radical (unpaired) electrons. The fourth-order valence-electron chi connectivity index (χ4n) is 1.79. The molecule has 0 saturated heterocycles. The zero-order valence-electron chi connectivity index (χ0n) is 11.0. The number of nitrogen functional groups attached to an aromatic ring is 1. The van der Waals surface area contributed by atoms with Gasteiger partial charge in [-0.2, -0.15) is 5.26 Å². The Balaban J connectivity index is 2.23. The van der Waals surface area contributed by atoms with Crippen molar-refractivity contribution in [1.29, 1.82) is 5.26 Å². The lowest BCUT2D eigenvalue weighted by Gasteiger charge is -2.12. The maximum Gasteiger partial charge on any atom is 0.167 e. The van der Waals surface area contributed by atoms with Crippen LogP contribution >= 0.6 is 0 Å². The Morgan fingerprint density at radius 1 is 1.30 bits per heavy atom. The van der Waals surface area contributed by atoms with Crippen molar-refractivity contribution in [2.75, 3.05) is 18.2 Å². The van der Waals surface area contributed by atoms with Crippen molar-refractivity contribution < 1.29 is 9.13 Å². The maximum absolute atomic E-state index is 13.4. The fraction of sp³-hybridized carbons (Fsp3) is 0.133. The highest BCUT2D eigenvalue weighted by molar-refractivity contribution is 5.74. The summed E-state index contributed by atoms with van der Waals surface area (Å²) in [6, 6.07) is 12.2. The maximum atomic E-state index is 13.4. The molecule has 0 atom stereocenters. The van der Waals surface area contributed by atoms with Crippen molar-refractivity contribution in [1.82, 2.24) is 0 Å². The minimum atomic E-state index is -0.500. The van der Waals surface area contributed by atoms with E-state index in [2.05, 4.69) is 11.4 Å². The van der Waals surface area contributed by atoms with Crippen LogP contribution in [0.25, 0.3) is 0 Å². The first-order valence-electron chi connectivity index (χ1n) is 6.00. The number of anilines is 3. The predicted octanol–water partition coefficient (Wildman–Crippen LogP) is 3.23. The van der Waals surface area contributed by atoms with Crippen molar-refractivity contribution in [2.24, 2.45) is 0 Å². The summed E-state index contributed by atoms with van der Waals surface area (Å²) in [5.41, 5.74) is 8.36. The standard InChI is InChI=1S/C15H14FN3O/c1-20-15-9-14(13(18)8-12(15)16)19-11-4-2-10(3-5-11)6-7-17/h2-5,8-9,19H,6,18H2,1H3. The first kappa shape index (κ1) is 13.7. The van der Waals surface area contributed by atoms with E-state index < -0.39 is 5.82 Å². The summed E-state index contributed by atoms with van der Waals surface area (Å²) in [5, 5.41) is 11.7. The third-order valence-corrected chi connectivity index (χ3v) is 2.84. The van der Waals surface area contributed by atoms with Gasteiger partial charge in [0.05, 0.1) is 31.0 Å². The predicted molar refractivity (Wildman–Crippen MR) is 76.4 cm³/mol. The van der Waals surface area contributed by atoms with Crippen molar-refractivity contribution in [3.05, 3.63) is 47.8 Å². The highest BCUT2D eigenvalue weighted by Crippen LogP contribution is 2.30. The molecule has 20 heavy (non-hydrogen) atoms. The topological polar surface area (TPSA) is 71.1 Å². The van der Waals surface area contributed by atoms with E-state index in [4.69, 9.17) is 15.7 Å².